The molecule has 0 unspecified atom stereocenters. The number of para-hydroxylation sites is 1. The third-order valence-corrected chi connectivity index (χ3v) is 4.85. The van der Waals surface area contributed by atoms with Crippen LogP contribution in [-0.4, -0.2) is 30.5 Å². The third kappa shape index (κ3) is 4.72. The number of nitrogens with one attached hydrogen (secondary N) is 1. The lowest BCUT2D eigenvalue weighted by Gasteiger charge is -2.22. The van der Waals surface area contributed by atoms with Crippen LogP contribution in [0.4, 0.5) is 5.69 Å². The summed E-state index contributed by atoms with van der Waals surface area (Å²) < 4.78 is 0. The SMILES string of the molecule is CC.CC.CN1CCc2[nH]c3c(N(C)Cc4ccccc4)cccc3c2C1. The van der Waals surface area contributed by atoms with E-state index in [0.29, 0.717) is 0 Å². The van der Waals surface area contributed by atoms with Gasteiger partial charge in [0.05, 0.1) is 11.2 Å². The van der Waals surface area contributed by atoms with Crippen molar-refractivity contribution < 1.29 is 0 Å². The van der Waals surface area contributed by atoms with Crippen LogP contribution in [0.15, 0.2) is 48.5 Å². The average Bonchev–Trinajstić information content (AvgIpc) is 3.09. The fourth-order valence-electron chi connectivity index (χ4n) is 3.62. The van der Waals surface area contributed by atoms with Crippen LogP contribution in [0.1, 0.15) is 44.5 Å². The number of H-pyrrole nitrogens is 1. The van der Waals surface area contributed by atoms with Crippen LogP contribution in [0.3, 0.4) is 0 Å². The minimum atomic E-state index is 0.920. The Balaban J connectivity index is 0.000000614. The van der Waals surface area contributed by atoms with Crippen molar-refractivity contribution in [2.45, 2.75) is 47.2 Å². The van der Waals surface area contributed by atoms with Crippen LogP contribution in [0.25, 0.3) is 10.9 Å². The first-order chi connectivity index (χ1) is 13.2. The first kappa shape index (κ1) is 21.0. The molecule has 3 heteroatoms. The largest absolute Gasteiger partial charge is 0.369 e. The molecule has 0 radical (unpaired) electrons. The van der Waals surface area contributed by atoms with E-state index in [1.54, 1.807) is 0 Å². The highest BCUT2D eigenvalue weighted by atomic mass is 15.1. The molecule has 0 saturated heterocycles. The van der Waals surface area contributed by atoms with Crippen molar-refractivity contribution in [3.05, 3.63) is 65.4 Å². The molecule has 0 fully saturated rings. The molecular weight excluding hydrogens is 330 g/mol. The van der Waals surface area contributed by atoms with Gasteiger partial charge in [0.15, 0.2) is 0 Å². The van der Waals surface area contributed by atoms with Gasteiger partial charge in [0.2, 0.25) is 0 Å². The minimum absolute atomic E-state index is 0.920. The fourth-order valence-corrected chi connectivity index (χ4v) is 3.62. The molecule has 2 heterocycles. The van der Waals surface area contributed by atoms with Crippen LogP contribution >= 0.6 is 0 Å². The molecule has 3 aromatic rings. The number of anilines is 1. The molecule has 1 aliphatic rings. The monoisotopic (exact) mass is 365 g/mol. The summed E-state index contributed by atoms with van der Waals surface area (Å²) in [6, 6.07) is 17.3. The Labute approximate surface area is 165 Å². The zero-order valence-electron chi connectivity index (χ0n) is 17.8. The number of hydrogen-bond donors (Lipinski definition) is 1. The summed E-state index contributed by atoms with van der Waals surface area (Å²) in [5.41, 5.74) is 6.79. The van der Waals surface area contributed by atoms with Gasteiger partial charge in [-0.25, -0.2) is 0 Å². The van der Waals surface area contributed by atoms with Crippen molar-refractivity contribution in [1.29, 1.82) is 0 Å². The zero-order chi connectivity index (χ0) is 19.8. The lowest BCUT2D eigenvalue weighted by molar-refractivity contribution is 0.313. The molecule has 2 aromatic carbocycles. The van der Waals surface area contributed by atoms with Gasteiger partial charge < -0.3 is 14.8 Å². The second-order valence-electron chi connectivity index (χ2n) is 6.61. The zero-order valence-corrected chi connectivity index (χ0v) is 17.8. The summed E-state index contributed by atoms with van der Waals surface area (Å²) in [5.74, 6) is 0. The lowest BCUT2D eigenvalue weighted by atomic mass is 10.0. The first-order valence-corrected chi connectivity index (χ1v) is 10.3. The molecule has 27 heavy (non-hydrogen) atoms. The third-order valence-electron chi connectivity index (χ3n) is 4.85. The Kier molecular flexibility index (Phi) is 7.93. The summed E-state index contributed by atoms with van der Waals surface area (Å²) in [6.45, 7) is 11.1. The normalized spacial score (nSPS) is 13.1. The fraction of sp³-hybridized carbons (Fsp3) is 0.417. The number of rotatable bonds is 3. The van der Waals surface area contributed by atoms with Crippen molar-refractivity contribution in [1.82, 2.24) is 9.88 Å². The van der Waals surface area contributed by atoms with Gasteiger partial charge in [-0.3, -0.25) is 0 Å². The van der Waals surface area contributed by atoms with Gasteiger partial charge in [-0.15, -0.1) is 0 Å². The Morgan fingerprint density at radius 1 is 0.963 bits per heavy atom. The van der Waals surface area contributed by atoms with Gasteiger partial charge in [0.25, 0.3) is 0 Å². The highest BCUT2D eigenvalue weighted by Gasteiger charge is 2.20. The highest BCUT2D eigenvalue weighted by Crippen LogP contribution is 2.33. The van der Waals surface area contributed by atoms with E-state index in [-0.39, 0.29) is 0 Å². The van der Waals surface area contributed by atoms with Crippen LogP contribution in [-0.2, 0) is 19.5 Å². The quantitative estimate of drug-likeness (QED) is 0.629. The second-order valence-corrected chi connectivity index (χ2v) is 6.61. The van der Waals surface area contributed by atoms with E-state index < -0.39 is 0 Å². The van der Waals surface area contributed by atoms with Crippen LogP contribution < -0.4 is 4.90 Å². The molecule has 4 rings (SSSR count). The second kappa shape index (κ2) is 10.2. The Hall–Kier alpha value is -2.26. The molecule has 0 aliphatic carbocycles. The smallest absolute Gasteiger partial charge is 0.0697 e. The maximum absolute atomic E-state index is 3.70. The van der Waals surface area contributed by atoms with Crippen molar-refractivity contribution >= 4 is 16.6 Å². The number of nitrogens with zero attached hydrogens (tertiary/aromatic N) is 2. The van der Waals surface area contributed by atoms with Gasteiger partial charge in [0.1, 0.15) is 0 Å². The molecule has 0 saturated carbocycles. The van der Waals surface area contributed by atoms with Gasteiger partial charge in [-0.1, -0.05) is 70.2 Å². The van der Waals surface area contributed by atoms with Crippen LogP contribution in [0.2, 0.25) is 0 Å². The first-order valence-electron chi connectivity index (χ1n) is 10.3. The molecule has 1 aliphatic heterocycles. The Morgan fingerprint density at radius 3 is 2.37 bits per heavy atom. The van der Waals surface area contributed by atoms with E-state index in [4.69, 9.17) is 0 Å². The van der Waals surface area contributed by atoms with Crippen molar-refractivity contribution in [2.24, 2.45) is 0 Å². The Bertz CT molecular complexity index is 820. The van der Waals surface area contributed by atoms with Gasteiger partial charge >= 0.3 is 0 Å². The number of benzene rings is 2. The molecule has 3 nitrogen and oxygen atoms in total. The summed E-state index contributed by atoms with van der Waals surface area (Å²) >= 11 is 0. The van der Waals surface area contributed by atoms with Gasteiger partial charge in [-0.05, 0) is 24.2 Å². The van der Waals surface area contributed by atoms with E-state index in [1.165, 1.54) is 33.4 Å². The maximum atomic E-state index is 3.70. The van der Waals surface area contributed by atoms with Gasteiger partial charge in [0, 0.05) is 44.2 Å². The lowest BCUT2D eigenvalue weighted by Crippen LogP contribution is -2.25. The van der Waals surface area contributed by atoms with Crippen molar-refractivity contribution in [3.8, 4) is 0 Å². The van der Waals surface area contributed by atoms with E-state index in [1.807, 2.05) is 27.7 Å². The summed E-state index contributed by atoms with van der Waals surface area (Å²) in [4.78, 5) is 8.44. The molecular formula is C24H35N3. The summed E-state index contributed by atoms with van der Waals surface area (Å²) in [7, 11) is 4.38. The van der Waals surface area contributed by atoms with E-state index >= 15 is 0 Å². The average molecular weight is 366 g/mol. The van der Waals surface area contributed by atoms with Crippen LogP contribution in [0, 0.1) is 0 Å². The summed E-state index contributed by atoms with van der Waals surface area (Å²) in [6.07, 6.45) is 1.11. The van der Waals surface area contributed by atoms with Gasteiger partial charge in [-0.2, -0.15) is 0 Å². The number of aromatic nitrogens is 1. The molecule has 0 amide bonds. The molecule has 0 spiro atoms. The maximum Gasteiger partial charge on any atom is 0.0697 e. The molecule has 1 N–H and O–H groups in total. The predicted octanol–water partition coefficient (Wildman–Crippen LogP) is 5.84. The predicted molar refractivity (Wildman–Crippen MR) is 120 cm³/mol. The standard InChI is InChI=1S/C20H23N3.2C2H6/c1-22-12-11-18-17(14-22)16-9-6-10-19(20(16)21-18)23(2)13-15-7-4-3-5-8-15;2*1-2/h3-10,21H,11-14H2,1-2H3;2*1-2H3. The minimum Gasteiger partial charge on any atom is -0.369 e. The van der Waals surface area contributed by atoms with Crippen molar-refractivity contribution in [2.75, 3.05) is 25.5 Å². The van der Waals surface area contributed by atoms with Crippen molar-refractivity contribution in [3.63, 3.8) is 0 Å². The van der Waals surface area contributed by atoms with E-state index in [9.17, 15) is 0 Å². The van der Waals surface area contributed by atoms with E-state index in [0.717, 1.165) is 26.1 Å². The topological polar surface area (TPSA) is 22.3 Å². The highest BCUT2D eigenvalue weighted by molar-refractivity contribution is 5.95. The molecule has 1 aromatic heterocycles. The molecule has 146 valence electrons. The number of likely N-dealkylation sites (N-methyl/N-ethyl adjacent to an activating group) is 1. The Morgan fingerprint density at radius 2 is 1.67 bits per heavy atom. The number of aromatic amines is 1. The number of fused-ring (bicyclic) bond motifs is 3. The molecule has 0 bridgehead atoms. The summed E-state index contributed by atoms with van der Waals surface area (Å²) in [5, 5.41) is 1.38. The molecule has 0 atom stereocenters. The number of hydrogen-bond acceptors (Lipinski definition) is 2. The van der Waals surface area contributed by atoms with E-state index in [2.05, 4.69) is 77.4 Å². The van der Waals surface area contributed by atoms with Crippen LogP contribution in [0.5, 0.6) is 0 Å².